The lowest BCUT2D eigenvalue weighted by Crippen LogP contribution is -2.17. The number of halogens is 4. The molecular formula is C20H12F4N6OS. The van der Waals surface area contributed by atoms with E-state index in [1.54, 1.807) is 18.5 Å². The van der Waals surface area contributed by atoms with Crippen molar-refractivity contribution < 1.29 is 22.4 Å². The number of benzene rings is 2. The van der Waals surface area contributed by atoms with Crippen molar-refractivity contribution in [1.29, 1.82) is 0 Å². The normalized spacial score (nSPS) is 10.9. The highest BCUT2D eigenvalue weighted by Gasteiger charge is 2.23. The highest BCUT2D eigenvalue weighted by Crippen LogP contribution is 2.25. The first-order valence-electron chi connectivity index (χ1n) is 8.99. The SMILES string of the molecule is O=C(Nc1ccc(F)c(F)c1F)c1nnn(-c2ccc(F)cc2)c1CSc1ncccn1. The van der Waals surface area contributed by atoms with Crippen molar-refractivity contribution in [2.24, 2.45) is 0 Å². The summed E-state index contributed by atoms with van der Waals surface area (Å²) in [5.41, 5.74) is -0.0618. The molecule has 2 heterocycles. The van der Waals surface area contributed by atoms with Crippen molar-refractivity contribution in [3.63, 3.8) is 0 Å². The third kappa shape index (κ3) is 4.44. The minimum atomic E-state index is -1.71. The van der Waals surface area contributed by atoms with E-state index in [2.05, 4.69) is 25.6 Å². The molecule has 1 amide bonds. The van der Waals surface area contributed by atoms with Gasteiger partial charge in [-0.15, -0.1) is 5.10 Å². The highest BCUT2D eigenvalue weighted by atomic mass is 32.2. The van der Waals surface area contributed by atoms with E-state index in [1.807, 2.05) is 0 Å². The number of anilines is 1. The molecule has 0 spiro atoms. The van der Waals surface area contributed by atoms with Crippen molar-refractivity contribution in [3.05, 3.63) is 89.5 Å². The molecule has 0 aliphatic heterocycles. The van der Waals surface area contributed by atoms with Crippen molar-refractivity contribution in [2.75, 3.05) is 5.32 Å². The van der Waals surface area contributed by atoms with Gasteiger partial charge in [0.2, 0.25) is 0 Å². The standard InChI is InChI=1S/C20H12F4N6OS/c21-11-2-4-12(5-3-11)30-15(10-32-20-25-8-1-9-26-20)18(28-29-30)19(31)27-14-7-6-13(22)16(23)17(14)24/h1-9H,10H2,(H,27,31). The minimum Gasteiger partial charge on any atom is -0.318 e. The number of hydrogen-bond donors (Lipinski definition) is 1. The number of rotatable bonds is 6. The molecule has 32 heavy (non-hydrogen) atoms. The molecule has 4 rings (SSSR count). The lowest BCUT2D eigenvalue weighted by atomic mass is 10.2. The summed E-state index contributed by atoms with van der Waals surface area (Å²) < 4.78 is 55.3. The van der Waals surface area contributed by atoms with Crippen LogP contribution in [0.1, 0.15) is 16.2 Å². The van der Waals surface area contributed by atoms with Crippen LogP contribution in [0.2, 0.25) is 0 Å². The van der Waals surface area contributed by atoms with Gasteiger partial charge >= 0.3 is 0 Å². The quantitative estimate of drug-likeness (QED) is 0.201. The Morgan fingerprint density at radius 2 is 1.69 bits per heavy atom. The van der Waals surface area contributed by atoms with Crippen LogP contribution in [0.3, 0.4) is 0 Å². The number of thioether (sulfide) groups is 1. The Balaban J connectivity index is 1.68. The van der Waals surface area contributed by atoms with Crippen LogP contribution in [-0.4, -0.2) is 30.9 Å². The third-order valence-electron chi connectivity index (χ3n) is 4.21. The summed E-state index contributed by atoms with van der Waals surface area (Å²) in [5, 5.41) is 10.4. The topological polar surface area (TPSA) is 85.6 Å². The van der Waals surface area contributed by atoms with Gasteiger partial charge in [-0.05, 0) is 42.5 Å². The number of hydrogen-bond acceptors (Lipinski definition) is 6. The molecule has 2 aromatic carbocycles. The van der Waals surface area contributed by atoms with E-state index in [0.717, 1.165) is 6.07 Å². The van der Waals surface area contributed by atoms with Crippen molar-refractivity contribution >= 4 is 23.4 Å². The van der Waals surface area contributed by atoms with E-state index in [0.29, 0.717) is 16.9 Å². The van der Waals surface area contributed by atoms with Crippen molar-refractivity contribution in [2.45, 2.75) is 10.9 Å². The Morgan fingerprint density at radius 3 is 2.41 bits per heavy atom. The van der Waals surface area contributed by atoms with E-state index in [4.69, 9.17) is 0 Å². The Hall–Kier alpha value is -3.80. The Labute approximate surface area is 182 Å². The molecule has 0 radical (unpaired) electrons. The number of carbonyl (C=O) groups is 1. The first-order valence-corrected chi connectivity index (χ1v) is 9.98. The summed E-state index contributed by atoms with van der Waals surface area (Å²) in [7, 11) is 0. The largest absolute Gasteiger partial charge is 0.318 e. The summed E-state index contributed by atoms with van der Waals surface area (Å²) in [6.45, 7) is 0. The molecule has 0 aliphatic carbocycles. The van der Waals surface area contributed by atoms with Crippen molar-refractivity contribution in [1.82, 2.24) is 25.0 Å². The summed E-state index contributed by atoms with van der Waals surface area (Å²) in [5.74, 6) is -5.88. The average molecular weight is 460 g/mol. The fourth-order valence-corrected chi connectivity index (χ4v) is 3.49. The number of aromatic nitrogens is 5. The average Bonchev–Trinajstić information content (AvgIpc) is 3.23. The maximum absolute atomic E-state index is 14.0. The molecule has 0 saturated heterocycles. The number of carbonyl (C=O) groups excluding carboxylic acids is 1. The van der Waals surface area contributed by atoms with Crippen LogP contribution < -0.4 is 5.32 Å². The molecular weight excluding hydrogens is 448 g/mol. The Bertz CT molecular complexity index is 1270. The van der Waals surface area contributed by atoms with Crippen LogP contribution in [-0.2, 0) is 5.75 Å². The molecule has 162 valence electrons. The number of amides is 1. The van der Waals surface area contributed by atoms with Gasteiger partial charge < -0.3 is 5.32 Å². The van der Waals surface area contributed by atoms with Crippen LogP contribution in [0.5, 0.6) is 0 Å². The van der Waals surface area contributed by atoms with Crippen LogP contribution in [0.15, 0.2) is 60.0 Å². The fraction of sp³-hybridized carbons (Fsp3) is 0.0500. The maximum atomic E-state index is 14.0. The molecule has 0 unspecified atom stereocenters. The fourth-order valence-electron chi connectivity index (χ4n) is 2.69. The van der Waals surface area contributed by atoms with E-state index < -0.39 is 34.9 Å². The molecule has 0 atom stereocenters. The minimum absolute atomic E-state index is 0.122. The van der Waals surface area contributed by atoms with Crippen molar-refractivity contribution in [3.8, 4) is 5.69 Å². The zero-order valence-corrected chi connectivity index (χ0v) is 16.8. The second-order valence-electron chi connectivity index (χ2n) is 6.27. The zero-order valence-electron chi connectivity index (χ0n) is 16.0. The maximum Gasteiger partial charge on any atom is 0.278 e. The number of nitrogens with one attached hydrogen (secondary N) is 1. The van der Waals surface area contributed by atoms with Gasteiger partial charge in [0.05, 0.1) is 17.1 Å². The summed E-state index contributed by atoms with van der Waals surface area (Å²) in [4.78, 5) is 21.0. The van der Waals surface area contributed by atoms with Crippen LogP contribution in [0.4, 0.5) is 23.2 Å². The first kappa shape index (κ1) is 21.4. The molecule has 0 fully saturated rings. The lowest BCUT2D eigenvalue weighted by Gasteiger charge is -2.09. The molecule has 0 bridgehead atoms. The molecule has 7 nitrogen and oxygen atoms in total. The third-order valence-corrected chi connectivity index (χ3v) is 5.10. The van der Waals surface area contributed by atoms with Gasteiger partial charge in [0.15, 0.2) is 28.3 Å². The molecule has 0 aliphatic rings. The van der Waals surface area contributed by atoms with Crippen LogP contribution in [0, 0.1) is 23.3 Å². The van der Waals surface area contributed by atoms with Gasteiger partial charge in [-0.25, -0.2) is 32.2 Å². The smallest absolute Gasteiger partial charge is 0.278 e. The summed E-state index contributed by atoms with van der Waals surface area (Å²) >= 11 is 1.17. The van der Waals surface area contributed by atoms with Gasteiger partial charge in [0, 0.05) is 18.1 Å². The predicted molar refractivity (Wildman–Crippen MR) is 107 cm³/mol. The van der Waals surface area contributed by atoms with Gasteiger partial charge in [0.25, 0.3) is 5.91 Å². The van der Waals surface area contributed by atoms with E-state index in [-0.39, 0.29) is 17.1 Å². The Kier molecular flexibility index (Phi) is 6.12. The molecule has 4 aromatic rings. The lowest BCUT2D eigenvalue weighted by molar-refractivity contribution is 0.102. The van der Waals surface area contributed by atoms with Gasteiger partial charge in [-0.3, -0.25) is 4.79 Å². The van der Waals surface area contributed by atoms with Gasteiger partial charge in [-0.1, -0.05) is 17.0 Å². The second kappa shape index (κ2) is 9.14. The van der Waals surface area contributed by atoms with E-state index in [9.17, 15) is 22.4 Å². The molecule has 0 saturated carbocycles. The molecule has 12 heteroatoms. The van der Waals surface area contributed by atoms with Gasteiger partial charge in [-0.2, -0.15) is 0 Å². The van der Waals surface area contributed by atoms with Gasteiger partial charge in [0.1, 0.15) is 5.82 Å². The molecule has 1 N–H and O–H groups in total. The van der Waals surface area contributed by atoms with Crippen LogP contribution >= 0.6 is 11.8 Å². The highest BCUT2D eigenvalue weighted by molar-refractivity contribution is 7.98. The predicted octanol–water partition coefficient (Wildman–Crippen LogP) is 4.16. The van der Waals surface area contributed by atoms with Crippen LogP contribution in [0.25, 0.3) is 5.69 Å². The van der Waals surface area contributed by atoms with E-state index in [1.165, 1.54) is 40.7 Å². The Morgan fingerprint density at radius 1 is 0.969 bits per heavy atom. The summed E-state index contributed by atoms with van der Waals surface area (Å²) in [6, 6.07) is 8.52. The second-order valence-corrected chi connectivity index (χ2v) is 7.21. The van der Waals surface area contributed by atoms with E-state index >= 15 is 0 Å². The zero-order chi connectivity index (χ0) is 22.7. The summed E-state index contributed by atoms with van der Waals surface area (Å²) in [6.07, 6.45) is 3.09. The first-order chi connectivity index (χ1) is 15.4. The monoisotopic (exact) mass is 460 g/mol. The number of nitrogens with zero attached hydrogens (tertiary/aromatic N) is 5. The molecule has 2 aromatic heterocycles.